The summed E-state index contributed by atoms with van der Waals surface area (Å²) in [6, 6.07) is 2.01. The average molecular weight is 331 g/mol. The van der Waals surface area contributed by atoms with Gasteiger partial charge in [-0.2, -0.15) is 4.98 Å². The van der Waals surface area contributed by atoms with Crippen LogP contribution in [0, 0.1) is 5.82 Å². The summed E-state index contributed by atoms with van der Waals surface area (Å²) in [5, 5.41) is 4.82. The van der Waals surface area contributed by atoms with Crippen LogP contribution in [-0.2, 0) is 6.54 Å². The molecule has 2 rings (SSSR count). The number of thiophene rings is 1. The lowest BCUT2D eigenvalue weighted by Gasteiger charge is -2.18. The molecule has 0 aliphatic rings. The molecule has 1 N–H and O–H groups in total. The molecule has 7 heteroatoms. The molecule has 0 fully saturated rings. The topological polar surface area (TPSA) is 41.1 Å². The van der Waals surface area contributed by atoms with Crippen LogP contribution in [0.15, 0.2) is 21.4 Å². The molecule has 0 saturated heterocycles. The molecule has 0 amide bonds. The molecule has 0 spiro atoms. The van der Waals surface area contributed by atoms with Gasteiger partial charge in [-0.25, -0.2) is 9.37 Å². The third-order valence-electron chi connectivity index (χ3n) is 2.35. The van der Waals surface area contributed by atoms with Gasteiger partial charge in [0.2, 0.25) is 5.95 Å². The summed E-state index contributed by atoms with van der Waals surface area (Å²) in [4.78, 5) is 9.69. The Kier molecular flexibility index (Phi) is 4.13. The van der Waals surface area contributed by atoms with Crippen molar-refractivity contribution in [3.8, 4) is 0 Å². The number of nitrogens with zero attached hydrogens (tertiary/aromatic N) is 3. The van der Waals surface area contributed by atoms with E-state index in [2.05, 4.69) is 31.2 Å². The standard InChI is InChI=1S/C11H12BrFN4S/c1-14-11-15-4-8(13)10(16-11)17(2)5-7-3-9(12)18-6-7/h3-4,6H,5H2,1-2H3,(H,14,15,16). The highest BCUT2D eigenvalue weighted by Gasteiger charge is 2.12. The summed E-state index contributed by atoms with van der Waals surface area (Å²) in [5.74, 6) is 0.271. The predicted molar refractivity (Wildman–Crippen MR) is 75.7 cm³/mol. The van der Waals surface area contributed by atoms with E-state index in [0.29, 0.717) is 12.5 Å². The Labute approximate surface area is 117 Å². The van der Waals surface area contributed by atoms with Crippen LogP contribution >= 0.6 is 27.3 Å². The highest BCUT2D eigenvalue weighted by molar-refractivity contribution is 9.11. The van der Waals surface area contributed by atoms with E-state index in [1.54, 1.807) is 30.3 Å². The van der Waals surface area contributed by atoms with Crippen molar-refractivity contribution >= 4 is 39.0 Å². The molecule has 0 aliphatic heterocycles. The molecule has 2 aromatic rings. The Balaban J connectivity index is 2.20. The molecular weight excluding hydrogens is 319 g/mol. The Morgan fingerprint density at radius 2 is 2.33 bits per heavy atom. The molecule has 0 aromatic carbocycles. The summed E-state index contributed by atoms with van der Waals surface area (Å²) in [5.41, 5.74) is 1.11. The molecule has 2 aromatic heterocycles. The van der Waals surface area contributed by atoms with Crippen molar-refractivity contribution in [1.82, 2.24) is 9.97 Å². The van der Waals surface area contributed by atoms with Crippen LogP contribution in [0.5, 0.6) is 0 Å². The lowest BCUT2D eigenvalue weighted by atomic mass is 10.3. The van der Waals surface area contributed by atoms with Crippen LogP contribution in [0.4, 0.5) is 16.2 Å². The summed E-state index contributed by atoms with van der Waals surface area (Å²) in [6.07, 6.45) is 1.17. The number of halogens is 2. The van der Waals surface area contributed by atoms with Gasteiger partial charge in [0.1, 0.15) is 0 Å². The van der Waals surface area contributed by atoms with Crippen LogP contribution in [0.2, 0.25) is 0 Å². The number of nitrogens with one attached hydrogen (secondary N) is 1. The van der Waals surface area contributed by atoms with Crippen molar-refractivity contribution in [3.05, 3.63) is 32.8 Å². The number of hydrogen-bond acceptors (Lipinski definition) is 5. The first-order chi connectivity index (χ1) is 8.60. The molecule has 96 valence electrons. The number of rotatable bonds is 4. The minimum Gasteiger partial charge on any atom is -0.357 e. The third-order valence-corrected chi connectivity index (χ3v) is 3.91. The zero-order valence-electron chi connectivity index (χ0n) is 9.94. The highest BCUT2D eigenvalue weighted by Crippen LogP contribution is 2.23. The van der Waals surface area contributed by atoms with E-state index in [0.717, 1.165) is 9.35 Å². The minimum atomic E-state index is -0.425. The largest absolute Gasteiger partial charge is 0.357 e. The van der Waals surface area contributed by atoms with Crippen LogP contribution in [0.1, 0.15) is 5.56 Å². The van der Waals surface area contributed by atoms with Crippen LogP contribution in [0.3, 0.4) is 0 Å². The summed E-state index contributed by atoms with van der Waals surface area (Å²) < 4.78 is 14.7. The zero-order chi connectivity index (χ0) is 13.1. The van der Waals surface area contributed by atoms with Crippen molar-refractivity contribution in [2.45, 2.75) is 6.54 Å². The average Bonchev–Trinajstić information content (AvgIpc) is 2.75. The van der Waals surface area contributed by atoms with Crippen LogP contribution in [-0.4, -0.2) is 24.1 Å². The van der Waals surface area contributed by atoms with Gasteiger partial charge in [-0.15, -0.1) is 11.3 Å². The van der Waals surface area contributed by atoms with Gasteiger partial charge in [-0.3, -0.25) is 0 Å². The van der Waals surface area contributed by atoms with E-state index in [4.69, 9.17) is 0 Å². The second-order valence-corrected chi connectivity index (χ2v) is 6.02. The van der Waals surface area contributed by atoms with Crippen LogP contribution in [0.25, 0.3) is 0 Å². The number of anilines is 2. The van der Waals surface area contributed by atoms with Gasteiger partial charge in [-0.1, -0.05) is 0 Å². The van der Waals surface area contributed by atoms with Crippen molar-refractivity contribution in [2.75, 3.05) is 24.3 Å². The maximum Gasteiger partial charge on any atom is 0.224 e. The van der Waals surface area contributed by atoms with E-state index < -0.39 is 5.82 Å². The Morgan fingerprint density at radius 3 is 2.94 bits per heavy atom. The molecule has 0 radical (unpaired) electrons. The maximum atomic E-state index is 13.7. The highest BCUT2D eigenvalue weighted by atomic mass is 79.9. The molecule has 4 nitrogen and oxygen atoms in total. The van der Waals surface area contributed by atoms with Crippen molar-refractivity contribution in [3.63, 3.8) is 0 Å². The molecule has 0 saturated carbocycles. The lowest BCUT2D eigenvalue weighted by molar-refractivity contribution is 0.608. The van der Waals surface area contributed by atoms with Gasteiger partial charge in [0, 0.05) is 20.6 Å². The van der Waals surface area contributed by atoms with E-state index in [1.807, 2.05) is 11.4 Å². The maximum absolute atomic E-state index is 13.7. The van der Waals surface area contributed by atoms with Gasteiger partial charge in [0.05, 0.1) is 9.98 Å². The Hall–Kier alpha value is -1.21. The molecule has 0 unspecified atom stereocenters. The number of hydrogen-bond donors (Lipinski definition) is 1. The minimum absolute atomic E-state index is 0.289. The smallest absolute Gasteiger partial charge is 0.224 e. The van der Waals surface area contributed by atoms with E-state index in [1.165, 1.54) is 6.20 Å². The normalized spacial score (nSPS) is 10.4. The van der Waals surface area contributed by atoms with Gasteiger partial charge >= 0.3 is 0 Å². The first-order valence-electron chi connectivity index (χ1n) is 5.24. The van der Waals surface area contributed by atoms with Crippen molar-refractivity contribution < 1.29 is 4.39 Å². The Morgan fingerprint density at radius 1 is 1.56 bits per heavy atom. The third kappa shape index (κ3) is 2.97. The first kappa shape index (κ1) is 13.2. The fraction of sp³-hybridized carbons (Fsp3) is 0.273. The SMILES string of the molecule is CNc1ncc(F)c(N(C)Cc2csc(Br)c2)n1. The lowest BCUT2D eigenvalue weighted by Crippen LogP contribution is -2.19. The van der Waals surface area contributed by atoms with Gasteiger partial charge in [-0.05, 0) is 32.9 Å². The summed E-state index contributed by atoms with van der Waals surface area (Å²) in [6.45, 7) is 0.596. The summed E-state index contributed by atoms with van der Waals surface area (Å²) in [7, 11) is 3.50. The monoisotopic (exact) mass is 330 g/mol. The summed E-state index contributed by atoms with van der Waals surface area (Å²) >= 11 is 5.01. The second-order valence-electron chi connectivity index (χ2n) is 3.73. The van der Waals surface area contributed by atoms with E-state index in [9.17, 15) is 4.39 Å². The van der Waals surface area contributed by atoms with E-state index in [-0.39, 0.29) is 5.82 Å². The molecule has 0 bridgehead atoms. The predicted octanol–water partition coefficient (Wildman–Crippen LogP) is 3.12. The quantitative estimate of drug-likeness (QED) is 0.935. The molecule has 0 atom stereocenters. The first-order valence-corrected chi connectivity index (χ1v) is 6.91. The fourth-order valence-electron chi connectivity index (χ4n) is 1.52. The Bertz CT molecular complexity index is 546. The van der Waals surface area contributed by atoms with Crippen molar-refractivity contribution in [2.24, 2.45) is 0 Å². The molecule has 2 heterocycles. The van der Waals surface area contributed by atoms with Gasteiger partial charge < -0.3 is 10.2 Å². The molecule has 18 heavy (non-hydrogen) atoms. The van der Waals surface area contributed by atoms with Gasteiger partial charge in [0.25, 0.3) is 0 Å². The number of aromatic nitrogens is 2. The zero-order valence-corrected chi connectivity index (χ0v) is 12.3. The molecular formula is C11H12BrFN4S. The van der Waals surface area contributed by atoms with Crippen LogP contribution < -0.4 is 10.2 Å². The van der Waals surface area contributed by atoms with E-state index >= 15 is 0 Å². The fourth-order valence-corrected chi connectivity index (χ4v) is 2.72. The van der Waals surface area contributed by atoms with Crippen molar-refractivity contribution in [1.29, 1.82) is 0 Å². The second kappa shape index (κ2) is 5.62. The van der Waals surface area contributed by atoms with Gasteiger partial charge in [0.15, 0.2) is 11.6 Å². The molecule has 0 aliphatic carbocycles.